The van der Waals surface area contributed by atoms with Crippen LogP contribution < -0.4 is 10.6 Å². The fourth-order valence-electron chi connectivity index (χ4n) is 9.18. The van der Waals surface area contributed by atoms with Crippen molar-refractivity contribution in [1.29, 1.82) is 0 Å². The van der Waals surface area contributed by atoms with E-state index < -0.39 is 0 Å². The Hall–Kier alpha value is -1.76. The second kappa shape index (κ2) is 71.3. The van der Waals surface area contributed by atoms with Crippen LogP contribution in [0.25, 0.3) is 0 Å². The highest BCUT2D eigenvalue weighted by Crippen LogP contribution is 2.13. The van der Waals surface area contributed by atoms with E-state index in [-0.39, 0.29) is 11.9 Å². The molecule has 0 fully saturated rings. The van der Waals surface area contributed by atoms with Gasteiger partial charge in [0.05, 0.1) is 38.4 Å². The lowest BCUT2D eigenvalue weighted by molar-refractivity contribution is -0.144. The number of ether oxygens (including phenoxy) is 6. The van der Waals surface area contributed by atoms with Crippen molar-refractivity contribution in [1.82, 2.24) is 15.5 Å². The zero-order chi connectivity index (χ0) is 57.0. The van der Waals surface area contributed by atoms with Gasteiger partial charge in [-0.2, -0.15) is 0 Å². The minimum Gasteiger partial charge on any atom is -0.499 e. The van der Waals surface area contributed by atoms with Crippen molar-refractivity contribution in [3.05, 3.63) is 12.3 Å². The van der Waals surface area contributed by atoms with Crippen molar-refractivity contribution in [3.63, 3.8) is 0 Å². The fourth-order valence-corrected chi connectivity index (χ4v) is 9.18. The minimum atomic E-state index is -0.107. The van der Waals surface area contributed by atoms with Crippen LogP contribution in [0, 0.1) is 0 Å². The van der Waals surface area contributed by atoms with Gasteiger partial charge in [-0.05, 0) is 96.8 Å². The Bertz CT molecular complexity index is 1110. The summed E-state index contributed by atoms with van der Waals surface area (Å²) >= 11 is 0. The van der Waals surface area contributed by atoms with E-state index in [2.05, 4.69) is 56.7 Å². The third-order valence-corrected chi connectivity index (χ3v) is 14.2. The summed E-state index contributed by atoms with van der Waals surface area (Å²) in [6, 6.07) is 0. The zero-order valence-corrected chi connectivity index (χ0v) is 52.9. The first-order valence-electron chi connectivity index (χ1n) is 33.9. The molecule has 0 aromatic rings. The van der Waals surface area contributed by atoms with Crippen LogP contribution in [0.2, 0.25) is 0 Å². The van der Waals surface area contributed by atoms with Crippen LogP contribution in [0.1, 0.15) is 304 Å². The molecule has 0 aliphatic carbocycles. The monoisotopic (exact) mass is 1110 g/mol. The first-order chi connectivity index (χ1) is 38.4. The van der Waals surface area contributed by atoms with Crippen molar-refractivity contribution in [2.24, 2.45) is 0 Å². The van der Waals surface area contributed by atoms with E-state index in [9.17, 15) is 9.59 Å². The summed E-state index contributed by atoms with van der Waals surface area (Å²) in [4.78, 5) is 27.3. The smallest absolute Gasteiger partial charge is 0.307 e. The zero-order valence-electron chi connectivity index (χ0n) is 52.9. The van der Waals surface area contributed by atoms with Crippen LogP contribution in [0.15, 0.2) is 12.3 Å². The summed E-state index contributed by atoms with van der Waals surface area (Å²) in [5, 5.41) is 6.97. The molecular weight excluding hydrogens is 975 g/mol. The summed E-state index contributed by atoms with van der Waals surface area (Å²) in [6.07, 6.45) is 49.2. The molecule has 2 N–H and O–H groups in total. The van der Waals surface area contributed by atoms with E-state index in [0.717, 1.165) is 149 Å². The van der Waals surface area contributed by atoms with Gasteiger partial charge in [0, 0.05) is 65.7 Å². The van der Waals surface area contributed by atoms with E-state index in [1.54, 1.807) is 0 Å². The molecule has 0 atom stereocenters. The Morgan fingerprint density at radius 1 is 0.308 bits per heavy atom. The Kier molecular flexibility index (Phi) is 71.6. The number of carbonyl (C=O) groups is 2. The molecular formula is C67H135N3O8. The average Bonchev–Trinajstić information content (AvgIpc) is 3.43. The van der Waals surface area contributed by atoms with Gasteiger partial charge in [-0.3, -0.25) is 9.59 Å². The number of hydrogen-bond acceptors (Lipinski definition) is 11. The molecule has 0 saturated heterocycles. The lowest BCUT2D eigenvalue weighted by Crippen LogP contribution is -2.32. The minimum absolute atomic E-state index is 0.103. The third kappa shape index (κ3) is 70.3. The summed E-state index contributed by atoms with van der Waals surface area (Å²) < 4.78 is 34.6. The van der Waals surface area contributed by atoms with Crippen LogP contribution in [0.3, 0.4) is 0 Å². The molecule has 78 heavy (non-hydrogen) atoms. The van der Waals surface area contributed by atoms with Gasteiger partial charge in [-0.1, -0.05) is 221 Å². The first-order valence-corrected chi connectivity index (χ1v) is 33.9. The van der Waals surface area contributed by atoms with E-state index in [1.165, 1.54) is 193 Å². The van der Waals surface area contributed by atoms with Crippen LogP contribution in [-0.4, -0.2) is 122 Å². The number of nitrogens with one attached hydrogen (secondary N) is 2. The van der Waals surface area contributed by atoms with Crippen molar-refractivity contribution >= 4 is 11.9 Å². The number of nitrogens with zero attached hydrogens (tertiary/aromatic N) is 1. The molecule has 0 amide bonds. The van der Waals surface area contributed by atoms with Crippen LogP contribution in [0.4, 0.5) is 0 Å². The molecule has 0 rings (SSSR count). The van der Waals surface area contributed by atoms with Gasteiger partial charge in [0.1, 0.15) is 0 Å². The molecule has 0 aromatic carbocycles. The Labute approximate surface area is 485 Å². The average molecular weight is 1110 g/mol. The van der Waals surface area contributed by atoms with Crippen LogP contribution in [-0.2, 0) is 38.0 Å². The van der Waals surface area contributed by atoms with Gasteiger partial charge < -0.3 is 44.0 Å². The van der Waals surface area contributed by atoms with Crippen molar-refractivity contribution in [2.75, 3.05) is 105 Å². The molecule has 0 aliphatic rings. The van der Waals surface area contributed by atoms with Crippen molar-refractivity contribution in [2.45, 2.75) is 304 Å². The standard InChI is InChI=1S/C64H127N3O8.C3H8/c1-5-8-11-14-23-32-53-70-56-35-26-17-20-29-38-59-73-62(4)44-51-67(52-45-64(69)75-61-40-31-22-19-28-37-58-72-55-34-25-16-13-10-7-3)50-42-48-65-46-41-47-66-49-43-63(68)74-60-39-30-21-18-27-36-57-71-54-33-24-15-12-9-6-2;1-3-2/h65-66H,4-61H2,1-3H3;3H2,1-2H3. The van der Waals surface area contributed by atoms with Gasteiger partial charge in [0.15, 0.2) is 0 Å². The van der Waals surface area contributed by atoms with Crippen LogP contribution in [0.5, 0.6) is 0 Å². The summed E-state index contributed by atoms with van der Waals surface area (Å²) in [7, 11) is 0. The second-order valence-electron chi connectivity index (χ2n) is 22.3. The highest BCUT2D eigenvalue weighted by molar-refractivity contribution is 5.69. The van der Waals surface area contributed by atoms with Gasteiger partial charge in [-0.25, -0.2) is 0 Å². The molecule has 11 heteroatoms. The largest absolute Gasteiger partial charge is 0.499 e. The normalized spacial score (nSPS) is 11.3. The van der Waals surface area contributed by atoms with Crippen molar-refractivity contribution in [3.8, 4) is 0 Å². The molecule has 0 aromatic heterocycles. The quantitative estimate of drug-likeness (QED) is 0.0344. The van der Waals surface area contributed by atoms with E-state index >= 15 is 0 Å². The lowest BCUT2D eigenvalue weighted by atomic mass is 10.1. The SMILES string of the molecule is C=C(CCN(CCCNCCCNCCC(=O)OCCCCCCCCOCCCCCCCC)CCC(=O)OCCCCCCCCOCCCCCCCC)OCCCCCCCCOCCCCCCCC.CCC. The van der Waals surface area contributed by atoms with Crippen molar-refractivity contribution < 1.29 is 38.0 Å². The topological polar surface area (TPSA) is 117 Å². The number of carbonyl (C=O) groups excluding carboxylic acids is 2. The van der Waals surface area contributed by atoms with Gasteiger partial charge in [-0.15, -0.1) is 0 Å². The maximum atomic E-state index is 12.8. The Morgan fingerprint density at radius 3 is 0.962 bits per heavy atom. The maximum absolute atomic E-state index is 12.8. The molecule has 0 bridgehead atoms. The second-order valence-corrected chi connectivity index (χ2v) is 22.3. The van der Waals surface area contributed by atoms with E-state index in [1.807, 2.05) is 0 Å². The van der Waals surface area contributed by atoms with E-state index in [0.29, 0.717) is 39.1 Å². The molecule has 0 spiro atoms. The number of rotatable bonds is 66. The van der Waals surface area contributed by atoms with Gasteiger partial charge in [0.2, 0.25) is 0 Å². The summed E-state index contributed by atoms with van der Waals surface area (Å²) in [5.74, 6) is 0.625. The Balaban J connectivity index is 0. The predicted octanol–water partition coefficient (Wildman–Crippen LogP) is 17.6. The molecule has 0 radical (unpaired) electrons. The highest BCUT2D eigenvalue weighted by Gasteiger charge is 2.11. The first kappa shape index (κ1) is 78.3. The third-order valence-electron chi connectivity index (χ3n) is 14.2. The molecule has 0 saturated carbocycles. The fraction of sp³-hybridized carbons (Fsp3) is 0.940. The highest BCUT2D eigenvalue weighted by atomic mass is 16.5. The maximum Gasteiger partial charge on any atom is 0.307 e. The molecule has 0 heterocycles. The number of esters is 2. The van der Waals surface area contributed by atoms with Gasteiger partial charge >= 0.3 is 11.9 Å². The number of unbranched alkanes of at least 4 members (excludes halogenated alkanes) is 30. The predicted molar refractivity (Wildman–Crippen MR) is 334 cm³/mol. The van der Waals surface area contributed by atoms with E-state index in [4.69, 9.17) is 28.4 Å². The van der Waals surface area contributed by atoms with Gasteiger partial charge in [0.25, 0.3) is 0 Å². The number of hydrogen-bond donors (Lipinski definition) is 2. The Morgan fingerprint density at radius 2 is 0.590 bits per heavy atom. The molecule has 0 aliphatic heterocycles. The lowest BCUT2D eigenvalue weighted by Gasteiger charge is -2.22. The molecule has 466 valence electrons. The van der Waals surface area contributed by atoms with Crippen LogP contribution >= 0.6 is 0 Å². The molecule has 0 unspecified atom stereocenters. The molecule has 11 nitrogen and oxygen atoms in total. The summed E-state index contributed by atoms with van der Waals surface area (Å²) in [6.45, 7) is 28.2. The summed E-state index contributed by atoms with van der Waals surface area (Å²) in [5.41, 5.74) is 0.